The Balaban J connectivity index is 1.52. The van der Waals surface area contributed by atoms with E-state index < -0.39 is 6.43 Å². The van der Waals surface area contributed by atoms with E-state index in [0.717, 1.165) is 12.8 Å². The van der Waals surface area contributed by atoms with Gasteiger partial charge < -0.3 is 9.80 Å². The lowest BCUT2D eigenvalue weighted by atomic mass is 10.2. The molecular weight excluding hydrogens is 402 g/mol. The van der Waals surface area contributed by atoms with Crippen molar-refractivity contribution < 1.29 is 8.78 Å². The molecule has 0 N–H and O–H groups in total. The SMILES string of the molecule is CC(C)n1ncc(N2CCN(c3cc(C(F)F)nc(C4CC4)n3)CC2)c(Cl)c1=O. The molecule has 2 aliphatic rings. The number of aromatic nitrogens is 4. The third kappa shape index (κ3) is 4.05. The fourth-order valence-electron chi connectivity index (χ4n) is 3.47. The first kappa shape index (κ1) is 20.0. The van der Waals surface area contributed by atoms with Gasteiger partial charge in [-0.3, -0.25) is 4.79 Å². The van der Waals surface area contributed by atoms with E-state index >= 15 is 0 Å². The average Bonchev–Trinajstić information content (AvgIpc) is 3.55. The van der Waals surface area contributed by atoms with Crippen LogP contribution in [-0.4, -0.2) is 45.9 Å². The largest absolute Gasteiger partial charge is 0.365 e. The van der Waals surface area contributed by atoms with E-state index in [-0.39, 0.29) is 28.2 Å². The summed E-state index contributed by atoms with van der Waals surface area (Å²) in [7, 11) is 0. The molecule has 0 unspecified atom stereocenters. The number of anilines is 2. The number of halogens is 3. The molecule has 0 radical (unpaired) electrons. The number of hydrogen-bond donors (Lipinski definition) is 0. The molecule has 156 valence electrons. The van der Waals surface area contributed by atoms with Crippen LogP contribution in [0.15, 0.2) is 17.1 Å². The lowest BCUT2D eigenvalue weighted by Gasteiger charge is -2.37. The molecule has 2 fully saturated rings. The minimum absolute atomic E-state index is 0.0756. The van der Waals surface area contributed by atoms with Gasteiger partial charge in [0.2, 0.25) is 0 Å². The predicted molar refractivity (Wildman–Crippen MR) is 107 cm³/mol. The van der Waals surface area contributed by atoms with Crippen LogP contribution in [0.25, 0.3) is 0 Å². The highest BCUT2D eigenvalue weighted by Crippen LogP contribution is 2.39. The average molecular weight is 425 g/mol. The zero-order valence-corrected chi connectivity index (χ0v) is 17.1. The van der Waals surface area contributed by atoms with Crippen LogP contribution < -0.4 is 15.4 Å². The Labute approximate surface area is 172 Å². The highest BCUT2D eigenvalue weighted by atomic mass is 35.5. The van der Waals surface area contributed by atoms with E-state index in [1.54, 1.807) is 6.20 Å². The highest BCUT2D eigenvalue weighted by Gasteiger charge is 2.30. The van der Waals surface area contributed by atoms with Gasteiger partial charge in [-0.2, -0.15) is 5.10 Å². The lowest BCUT2D eigenvalue weighted by molar-refractivity contribution is 0.145. The van der Waals surface area contributed by atoms with Crippen LogP contribution in [0.2, 0.25) is 5.02 Å². The third-order valence-corrected chi connectivity index (χ3v) is 5.63. The summed E-state index contributed by atoms with van der Waals surface area (Å²) >= 11 is 6.31. The van der Waals surface area contributed by atoms with Crippen molar-refractivity contribution in [3.8, 4) is 0 Å². The maximum Gasteiger partial charge on any atom is 0.287 e. The standard InChI is InChI=1S/C19H23ClF2N6O/c1-11(2)28-19(29)16(20)14(10-23-28)26-5-7-27(8-6-26)15-9-13(17(21)22)24-18(25-15)12-3-4-12/h9-12,17H,3-8H2,1-2H3. The van der Waals surface area contributed by atoms with Gasteiger partial charge in [0.05, 0.1) is 17.9 Å². The minimum atomic E-state index is -2.62. The number of piperazine rings is 1. The van der Waals surface area contributed by atoms with Crippen LogP contribution in [-0.2, 0) is 0 Å². The number of nitrogens with zero attached hydrogens (tertiary/aromatic N) is 6. The Kier molecular flexibility index (Phi) is 5.42. The normalized spacial score (nSPS) is 17.5. The van der Waals surface area contributed by atoms with E-state index in [9.17, 15) is 13.6 Å². The number of hydrogen-bond acceptors (Lipinski definition) is 6. The van der Waals surface area contributed by atoms with Gasteiger partial charge in [-0.05, 0) is 26.7 Å². The molecule has 0 atom stereocenters. The predicted octanol–water partition coefficient (Wildman–Crippen LogP) is 3.41. The van der Waals surface area contributed by atoms with E-state index in [1.165, 1.54) is 10.7 Å². The molecule has 0 bridgehead atoms. The van der Waals surface area contributed by atoms with Gasteiger partial charge in [-0.25, -0.2) is 23.4 Å². The summed E-state index contributed by atoms with van der Waals surface area (Å²) < 4.78 is 27.9. The Hall–Kier alpha value is -2.29. The van der Waals surface area contributed by atoms with Crippen molar-refractivity contribution in [2.75, 3.05) is 36.0 Å². The van der Waals surface area contributed by atoms with Gasteiger partial charge >= 0.3 is 0 Å². The molecule has 0 amide bonds. The molecule has 1 saturated heterocycles. The lowest BCUT2D eigenvalue weighted by Crippen LogP contribution is -2.47. The second kappa shape index (κ2) is 7.85. The first-order valence-electron chi connectivity index (χ1n) is 9.79. The molecule has 7 nitrogen and oxygen atoms in total. The zero-order chi connectivity index (χ0) is 20.7. The van der Waals surface area contributed by atoms with Gasteiger partial charge in [0, 0.05) is 38.2 Å². The summed E-state index contributed by atoms with van der Waals surface area (Å²) in [6.07, 6.45) is 0.901. The summed E-state index contributed by atoms with van der Waals surface area (Å²) in [6.45, 7) is 6.06. The summed E-state index contributed by atoms with van der Waals surface area (Å²) in [5.41, 5.74) is 0.0692. The van der Waals surface area contributed by atoms with Crippen molar-refractivity contribution in [3.05, 3.63) is 39.2 Å². The second-order valence-corrected chi connectivity index (χ2v) is 8.12. The summed E-state index contributed by atoms with van der Waals surface area (Å²) in [6, 6.07) is 1.30. The first-order chi connectivity index (χ1) is 13.8. The molecule has 10 heteroatoms. The van der Waals surface area contributed by atoms with Gasteiger partial charge in [-0.15, -0.1) is 0 Å². The van der Waals surface area contributed by atoms with Crippen molar-refractivity contribution in [2.24, 2.45) is 0 Å². The van der Waals surface area contributed by atoms with Crippen LogP contribution in [0.1, 0.15) is 56.6 Å². The monoisotopic (exact) mass is 424 g/mol. The van der Waals surface area contributed by atoms with Crippen LogP contribution in [0.3, 0.4) is 0 Å². The Bertz CT molecular complexity index is 934. The van der Waals surface area contributed by atoms with Crippen molar-refractivity contribution >= 4 is 23.1 Å². The molecule has 2 aromatic heterocycles. The van der Waals surface area contributed by atoms with E-state index in [2.05, 4.69) is 15.1 Å². The second-order valence-electron chi connectivity index (χ2n) is 7.75. The molecule has 1 aliphatic heterocycles. The Morgan fingerprint density at radius 1 is 1.10 bits per heavy atom. The van der Waals surface area contributed by atoms with E-state index in [1.807, 2.05) is 23.6 Å². The number of alkyl halides is 2. The molecule has 3 heterocycles. The van der Waals surface area contributed by atoms with Gasteiger partial charge in [0.1, 0.15) is 22.4 Å². The Morgan fingerprint density at radius 2 is 1.76 bits per heavy atom. The topological polar surface area (TPSA) is 67.2 Å². The van der Waals surface area contributed by atoms with Crippen molar-refractivity contribution in [3.63, 3.8) is 0 Å². The van der Waals surface area contributed by atoms with Crippen LogP contribution >= 0.6 is 11.6 Å². The van der Waals surface area contributed by atoms with E-state index in [0.29, 0.717) is 43.5 Å². The first-order valence-corrected chi connectivity index (χ1v) is 10.2. The van der Waals surface area contributed by atoms with Crippen LogP contribution in [0.5, 0.6) is 0 Å². The molecule has 1 saturated carbocycles. The fourth-order valence-corrected chi connectivity index (χ4v) is 3.73. The van der Waals surface area contributed by atoms with Gasteiger partial charge in [-0.1, -0.05) is 11.6 Å². The van der Waals surface area contributed by atoms with Crippen molar-refractivity contribution in [1.29, 1.82) is 0 Å². The molecule has 0 spiro atoms. The summed E-state index contributed by atoms with van der Waals surface area (Å²) in [5.74, 6) is 1.26. The molecule has 4 rings (SSSR count). The summed E-state index contributed by atoms with van der Waals surface area (Å²) in [4.78, 5) is 25.0. The van der Waals surface area contributed by atoms with Crippen molar-refractivity contribution in [2.45, 2.75) is 45.1 Å². The molecule has 1 aliphatic carbocycles. The molecule has 0 aromatic carbocycles. The van der Waals surface area contributed by atoms with Gasteiger partial charge in [0.15, 0.2) is 0 Å². The van der Waals surface area contributed by atoms with Gasteiger partial charge in [0.25, 0.3) is 12.0 Å². The molecular formula is C19H23ClF2N6O. The van der Waals surface area contributed by atoms with Crippen molar-refractivity contribution in [1.82, 2.24) is 19.7 Å². The highest BCUT2D eigenvalue weighted by molar-refractivity contribution is 6.33. The maximum atomic E-state index is 13.3. The minimum Gasteiger partial charge on any atom is -0.365 e. The summed E-state index contributed by atoms with van der Waals surface area (Å²) in [5, 5.41) is 4.37. The number of rotatable bonds is 5. The van der Waals surface area contributed by atoms with Crippen LogP contribution in [0.4, 0.5) is 20.3 Å². The Morgan fingerprint density at radius 3 is 2.34 bits per heavy atom. The maximum absolute atomic E-state index is 13.3. The fraction of sp³-hybridized carbons (Fsp3) is 0.579. The van der Waals surface area contributed by atoms with E-state index in [4.69, 9.17) is 11.6 Å². The third-order valence-electron chi connectivity index (χ3n) is 5.27. The quantitative estimate of drug-likeness (QED) is 0.732. The zero-order valence-electron chi connectivity index (χ0n) is 16.4. The molecule has 29 heavy (non-hydrogen) atoms. The van der Waals surface area contributed by atoms with Crippen LogP contribution in [0, 0.1) is 0 Å². The smallest absolute Gasteiger partial charge is 0.287 e. The molecule has 2 aromatic rings.